The molecule has 0 saturated carbocycles. The van der Waals surface area contributed by atoms with E-state index < -0.39 is 71.3 Å². The highest BCUT2D eigenvalue weighted by molar-refractivity contribution is 5.92. The van der Waals surface area contributed by atoms with E-state index in [2.05, 4.69) is 20.7 Å². The summed E-state index contributed by atoms with van der Waals surface area (Å²) >= 11 is 0. The first-order chi connectivity index (χ1) is 17.7. The van der Waals surface area contributed by atoms with Gasteiger partial charge in [0.05, 0.1) is 6.04 Å². The fourth-order valence-corrected chi connectivity index (χ4v) is 3.30. The number of ether oxygens (including phenoxy) is 1. The minimum atomic E-state index is -1.84. The molecule has 4 amide bonds. The number of hydrogen-bond acceptors (Lipinski definition) is 6. The van der Waals surface area contributed by atoms with E-state index in [1.165, 1.54) is 6.92 Å². The molecule has 0 aliphatic rings. The number of rotatable bonds is 15. The molecule has 38 heavy (non-hydrogen) atoms. The molecule has 0 fully saturated rings. The molecule has 0 saturated heterocycles. The fraction of sp³-hybridized carbons (Fsp3) is 0.542. The number of Topliss-reactive ketones (excluding diaryl/α,β-unsaturated/α-hetero) is 1. The number of benzene rings is 1. The molecule has 1 aromatic carbocycles. The van der Waals surface area contributed by atoms with Crippen molar-refractivity contribution < 1.29 is 46.3 Å². The number of carbonyl (C=O) groups is 5. The Bertz CT molecular complexity index is 1010. The molecule has 0 aromatic heterocycles. The maximum Gasteiger partial charge on any atom is 0.312 e. The number of halogens is 4. The highest BCUT2D eigenvalue weighted by Gasteiger charge is 2.27. The number of hydrogen-bond donors (Lipinski definition) is 4. The van der Waals surface area contributed by atoms with Gasteiger partial charge in [0.2, 0.25) is 29.2 Å². The van der Waals surface area contributed by atoms with E-state index in [-0.39, 0.29) is 50.0 Å². The van der Waals surface area contributed by atoms with Crippen molar-refractivity contribution >= 4 is 29.6 Å². The van der Waals surface area contributed by atoms with E-state index in [1.54, 1.807) is 13.8 Å². The van der Waals surface area contributed by atoms with Crippen LogP contribution in [-0.2, 0) is 19.2 Å². The smallest absolute Gasteiger partial charge is 0.312 e. The van der Waals surface area contributed by atoms with Crippen LogP contribution in [0.3, 0.4) is 0 Å². The van der Waals surface area contributed by atoms with Gasteiger partial charge in [-0.25, -0.2) is 13.6 Å². The Morgan fingerprint density at radius 3 is 2.03 bits per heavy atom. The van der Waals surface area contributed by atoms with Gasteiger partial charge in [-0.3, -0.25) is 19.2 Å². The molecule has 212 valence electrons. The topological polar surface area (TPSA) is 157 Å². The van der Waals surface area contributed by atoms with Crippen molar-refractivity contribution in [2.45, 2.75) is 71.4 Å². The van der Waals surface area contributed by atoms with Gasteiger partial charge < -0.3 is 26.4 Å². The van der Waals surface area contributed by atoms with Crippen molar-refractivity contribution in [3.63, 3.8) is 0 Å². The van der Waals surface area contributed by atoms with Gasteiger partial charge >= 0.3 is 12.0 Å². The van der Waals surface area contributed by atoms with Gasteiger partial charge in [-0.05, 0) is 38.5 Å². The number of urea groups is 1. The van der Waals surface area contributed by atoms with E-state index in [4.69, 9.17) is 5.73 Å². The summed E-state index contributed by atoms with van der Waals surface area (Å²) in [5, 5.41) is 7.53. The standard InChI is InChI=1S/C24H32F4N4O6/c1-12(2)21(23(36)31-16(13(3)33)7-6-10-30-24(29)37)32-17(34)8-4-5-9-18(35)38-22-19(27)14(25)11-15(26)20(22)28/h11-12,16,21H,4-10H2,1-3H3,(H,31,36)(H,32,34)(H3,29,30,37)/t16-,21-/m0/s1. The number of amides is 4. The molecule has 0 aliphatic heterocycles. The van der Waals surface area contributed by atoms with Crippen LogP contribution in [0.15, 0.2) is 6.07 Å². The largest absolute Gasteiger partial charge is 0.420 e. The molecule has 14 heteroatoms. The summed E-state index contributed by atoms with van der Waals surface area (Å²) < 4.78 is 58.0. The van der Waals surface area contributed by atoms with E-state index in [0.717, 1.165) is 0 Å². The number of unbranched alkanes of at least 4 members (excludes halogenated alkanes) is 1. The molecule has 1 rings (SSSR count). The maximum atomic E-state index is 13.6. The number of nitrogens with one attached hydrogen (secondary N) is 3. The minimum absolute atomic E-state index is 0.0182. The predicted octanol–water partition coefficient (Wildman–Crippen LogP) is 2.37. The maximum absolute atomic E-state index is 13.6. The fourth-order valence-electron chi connectivity index (χ4n) is 3.30. The first-order valence-corrected chi connectivity index (χ1v) is 11.9. The monoisotopic (exact) mass is 548 g/mol. The van der Waals surface area contributed by atoms with E-state index in [0.29, 0.717) is 6.42 Å². The molecular formula is C24H32F4N4O6. The van der Waals surface area contributed by atoms with Crippen LogP contribution < -0.4 is 26.4 Å². The van der Waals surface area contributed by atoms with E-state index in [9.17, 15) is 41.5 Å². The lowest BCUT2D eigenvalue weighted by atomic mass is 10.0. The summed E-state index contributed by atoms with van der Waals surface area (Å²) in [7, 11) is 0. The Morgan fingerprint density at radius 1 is 0.921 bits per heavy atom. The number of esters is 1. The van der Waals surface area contributed by atoms with Crippen molar-refractivity contribution in [2.75, 3.05) is 6.54 Å². The highest BCUT2D eigenvalue weighted by atomic mass is 19.2. The molecule has 5 N–H and O–H groups in total. The molecule has 1 aromatic rings. The molecular weight excluding hydrogens is 516 g/mol. The Kier molecular flexibility index (Phi) is 13.2. The SMILES string of the molecule is CC(=O)[C@H](CCCNC(N)=O)NC(=O)[C@@H](NC(=O)CCCCC(=O)Oc1c(F)c(F)cc(F)c1F)C(C)C. The summed E-state index contributed by atoms with van der Waals surface area (Å²) in [6, 6.07) is -2.53. The number of primary amides is 1. The second-order valence-corrected chi connectivity index (χ2v) is 8.87. The summed E-state index contributed by atoms with van der Waals surface area (Å²) in [5.74, 6) is -11.5. The van der Waals surface area contributed by atoms with Crippen molar-refractivity contribution in [1.82, 2.24) is 16.0 Å². The van der Waals surface area contributed by atoms with Gasteiger partial charge in [-0.1, -0.05) is 13.8 Å². The Morgan fingerprint density at radius 2 is 1.50 bits per heavy atom. The summed E-state index contributed by atoms with van der Waals surface area (Å²) in [6.07, 6.45) is 0.268. The van der Waals surface area contributed by atoms with Crippen LogP contribution in [0.4, 0.5) is 22.4 Å². The van der Waals surface area contributed by atoms with Gasteiger partial charge in [0.15, 0.2) is 17.4 Å². The summed E-state index contributed by atoms with van der Waals surface area (Å²) in [5.41, 5.74) is 4.98. The van der Waals surface area contributed by atoms with Gasteiger partial charge in [0.1, 0.15) is 6.04 Å². The quantitative estimate of drug-likeness (QED) is 0.0867. The van der Waals surface area contributed by atoms with E-state index >= 15 is 0 Å². The predicted molar refractivity (Wildman–Crippen MR) is 127 cm³/mol. The molecule has 10 nitrogen and oxygen atoms in total. The zero-order valence-corrected chi connectivity index (χ0v) is 21.3. The lowest BCUT2D eigenvalue weighted by molar-refractivity contribution is -0.135. The first-order valence-electron chi connectivity index (χ1n) is 11.9. The lowest BCUT2D eigenvalue weighted by Crippen LogP contribution is -2.53. The molecule has 0 unspecified atom stereocenters. The van der Waals surface area contributed by atoms with E-state index in [1.807, 2.05) is 0 Å². The zero-order valence-electron chi connectivity index (χ0n) is 21.3. The van der Waals surface area contributed by atoms with Crippen molar-refractivity contribution in [2.24, 2.45) is 11.7 Å². The zero-order chi connectivity index (χ0) is 29.0. The average molecular weight is 549 g/mol. The Balaban J connectivity index is 2.55. The number of ketones is 1. The van der Waals surface area contributed by atoms with Crippen LogP contribution in [-0.4, -0.2) is 48.2 Å². The number of carbonyl (C=O) groups excluding carboxylic acids is 5. The highest BCUT2D eigenvalue weighted by Crippen LogP contribution is 2.27. The molecule has 0 heterocycles. The van der Waals surface area contributed by atoms with Crippen molar-refractivity contribution in [1.29, 1.82) is 0 Å². The Labute approximate surface area is 217 Å². The molecule has 0 aliphatic carbocycles. The second-order valence-electron chi connectivity index (χ2n) is 8.87. The average Bonchev–Trinajstić information content (AvgIpc) is 2.83. The minimum Gasteiger partial charge on any atom is -0.420 e. The van der Waals surface area contributed by atoms with Crippen LogP contribution in [0.2, 0.25) is 0 Å². The molecule has 0 spiro atoms. The first kappa shape index (κ1) is 32.3. The normalized spacial score (nSPS) is 12.4. The molecule has 0 radical (unpaired) electrons. The van der Waals surface area contributed by atoms with Crippen LogP contribution in [0.1, 0.15) is 59.3 Å². The van der Waals surface area contributed by atoms with Gasteiger partial charge in [0, 0.05) is 25.5 Å². The van der Waals surface area contributed by atoms with Gasteiger partial charge in [0.25, 0.3) is 0 Å². The molecule has 0 bridgehead atoms. The van der Waals surface area contributed by atoms with Crippen LogP contribution in [0.5, 0.6) is 5.75 Å². The van der Waals surface area contributed by atoms with Crippen LogP contribution >= 0.6 is 0 Å². The summed E-state index contributed by atoms with van der Waals surface area (Å²) in [6.45, 7) is 4.89. The number of nitrogens with two attached hydrogens (primary N) is 1. The lowest BCUT2D eigenvalue weighted by Gasteiger charge is -2.24. The van der Waals surface area contributed by atoms with Crippen LogP contribution in [0, 0.1) is 29.2 Å². The van der Waals surface area contributed by atoms with Gasteiger partial charge in [-0.2, -0.15) is 8.78 Å². The second kappa shape index (κ2) is 15.5. The molecule has 2 atom stereocenters. The third-order valence-electron chi connectivity index (χ3n) is 5.36. The summed E-state index contributed by atoms with van der Waals surface area (Å²) in [4.78, 5) is 59.5. The third-order valence-corrected chi connectivity index (χ3v) is 5.36. The third kappa shape index (κ3) is 10.7. The Hall–Kier alpha value is -3.71. The van der Waals surface area contributed by atoms with Crippen molar-refractivity contribution in [3.05, 3.63) is 29.3 Å². The van der Waals surface area contributed by atoms with Gasteiger partial charge in [-0.15, -0.1) is 0 Å². The van der Waals surface area contributed by atoms with Crippen LogP contribution in [0.25, 0.3) is 0 Å². The van der Waals surface area contributed by atoms with Crippen molar-refractivity contribution in [3.8, 4) is 5.75 Å².